The van der Waals surface area contributed by atoms with Gasteiger partial charge in [-0.1, -0.05) is 40.7 Å². The zero-order valence-corrected chi connectivity index (χ0v) is 22.2. The van der Waals surface area contributed by atoms with Crippen molar-refractivity contribution in [1.82, 2.24) is 0 Å². The van der Waals surface area contributed by atoms with Gasteiger partial charge in [-0.25, -0.2) is 0 Å². The molecule has 4 rings (SSSR count). The third-order valence-corrected chi connectivity index (χ3v) is 14.5. The first-order valence-electron chi connectivity index (χ1n) is 13.0. The molecule has 1 aromatic carbocycles. The lowest BCUT2D eigenvalue weighted by atomic mass is 9.54. The first-order chi connectivity index (χ1) is 14.5. The standard InChI is InChI=1S/C28H46O2Si/c1-8-19-17-24-20(18-26(19)30-31(6,7)27(2,3)4)9-11-23-22(24)13-15-28(5)21(14-16-29)10-12-25(23)28/h17-18,21-23,25,29H,8-16H2,1-7H3/t21-,22?,23?,25?,28-/m1/s1. The fourth-order valence-electron chi connectivity index (χ4n) is 7.18. The summed E-state index contributed by atoms with van der Waals surface area (Å²) in [6.45, 7) is 16.9. The normalized spacial score (nSPS) is 32.9. The van der Waals surface area contributed by atoms with Crippen LogP contribution in [0, 0.1) is 23.2 Å². The fourth-order valence-corrected chi connectivity index (χ4v) is 8.23. The van der Waals surface area contributed by atoms with Crippen molar-refractivity contribution in [2.24, 2.45) is 23.2 Å². The Morgan fingerprint density at radius 2 is 1.87 bits per heavy atom. The number of aliphatic hydroxyl groups excluding tert-OH is 1. The summed E-state index contributed by atoms with van der Waals surface area (Å²) in [5, 5.41) is 9.82. The van der Waals surface area contributed by atoms with Gasteiger partial charge in [-0.2, -0.15) is 0 Å². The molecule has 3 heteroatoms. The van der Waals surface area contributed by atoms with Gasteiger partial charge in [0.15, 0.2) is 0 Å². The Bertz CT molecular complexity index is 808. The lowest BCUT2D eigenvalue weighted by molar-refractivity contribution is 0.0209. The van der Waals surface area contributed by atoms with Crippen molar-refractivity contribution in [3.05, 3.63) is 28.8 Å². The van der Waals surface area contributed by atoms with Crippen LogP contribution < -0.4 is 4.43 Å². The second-order valence-corrected chi connectivity index (χ2v) is 17.3. The summed E-state index contributed by atoms with van der Waals surface area (Å²) in [5.41, 5.74) is 5.10. The molecule has 0 aromatic heterocycles. The number of aryl methyl sites for hydroxylation is 2. The van der Waals surface area contributed by atoms with E-state index in [2.05, 4.69) is 59.8 Å². The Morgan fingerprint density at radius 1 is 1.13 bits per heavy atom. The van der Waals surface area contributed by atoms with E-state index in [9.17, 15) is 5.11 Å². The van der Waals surface area contributed by atoms with Gasteiger partial charge < -0.3 is 9.53 Å². The molecule has 0 radical (unpaired) electrons. The van der Waals surface area contributed by atoms with Crippen LogP contribution in [0.4, 0.5) is 0 Å². The van der Waals surface area contributed by atoms with Crippen LogP contribution in [-0.2, 0) is 12.8 Å². The molecule has 3 unspecified atom stereocenters. The summed E-state index contributed by atoms with van der Waals surface area (Å²) < 4.78 is 6.83. The molecule has 0 spiro atoms. The molecule has 3 aliphatic rings. The molecule has 5 atom stereocenters. The smallest absolute Gasteiger partial charge is 0.250 e. The summed E-state index contributed by atoms with van der Waals surface area (Å²) >= 11 is 0. The average molecular weight is 443 g/mol. The highest BCUT2D eigenvalue weighted by molar-refractivity contribution is 6.74. The summed E-state index contributed by atoms with van der Waals surface area (Å²) in [6.07, 6.45) is 10.00. The Balaban J connectivity index is 1.63. The van der Waals surface area contributed by atoms with Crippen LogP contribution in [0.1, 0.15) is 95.8 Å². The summed E-state index contributed by atoms with van der Waals surface area (Å²) in [5.74, 6) is 4.34. The molecular formula is C28H46O2Si. The maximum absolute atomic E-state index is 9.60. The molecule has 1 aromatic rings. The van der Waals surface area contributed by atoms with E-state index < -0.39 is 8.32 Å². The van der Waals surface area contributed by atoms with Gasteiger partial charge in [0.05, 0.1) is 0 Å². The van der Waals surface area contributed by atoms with Gasteiger partial charge in [0.25, 0.3) is 0 Å². The third-order valence-electron chi connectivity index (χ3n) is 10.1. The van der Waals surface area contributed by atoms with Crippen LogP contribution in [0.25, 0.3) is 0 Å². The Morgan fingerprint density at radius 3 is 2.52 bits per heavy atom. The SMILES string of the molecule is CCc1cc2c(cc1O[Si](C)(C)C(C)(C)C)CCC1C2CC[C@@]2(C)C1CC[C@@H]2CCO. The summed E-state index contributed by atoms with van der Waals surface area (Å²) in [7, 11) is -1.84. The molecule has 2 saturated carbocycles. The Labute approximate surface area is 192 Å². The van der Waals surface area contributed by atoms with E-state index >= 15 is 0 Å². The molecule has 0 aliphatic heterocycles. The second-order valence-electron chi connectivity index (χ2n) is 12.6. The highest BCUT2D eigenvalue weighted by Crippen LogP contribution is 2.63. The molecule has 31 heavy (non-hydrogen) atoms. The molecule has 0 heterocycles. The van der Waals surface area contributed by atoms with Gasteiger partial charge in [0, 0.05) is 6.61 Å². The quantitative estimate of drug-likeness (QED) is 0.479. The highest BCUT2D eigenvalue weighted by Gasteiger charge is 2.54. The van der Waals surface area contributed by atoms with Gasteiger partial charge in [-0.05, 0) is 121 Å². The minimum atomic E-state index is -1.84. The number of rotatable bonds is 5. The number of hydrogen-bond donors (Lipinski definition) is 1. The van der Waals surface area contributed by atoms with Crippen molar-refractivity contribution in [1.29, 1.82) is 0 Å². The molecule has 174 valence electrons. The largest absolute Gasteiger partial charge is 0.543 e. The van der Waals surface area contributed by atoms with E-state index in [0.717, 1.165) is 36.5 Å². The van der Waals surface area contributed by atoms with Crippen molar-refractivity contribution in [3.8, 4) is 5.75 Å². The van der Waals surface area contributed by atoms with Crippen molar-refractivity contribution >= 4 is 8.32 Å². The first kappa shape index (κ1) is 23.4. The van der Waals surface area contributed by atoms with E-state index in [1.165, 1.54) is 49.8 Å². The van der Waals surface area contributed by atoms with E-state index in [1.54, 1.807) is 11.1 Å². The predicted molar refractivity (Wildman–Crippen MR) is 133 cm³/mol. The molecule has 3 aliphatic carbocycles. The van der Waals surface area contributed by atoms with Gasteiger partial charge in [-0.3, -0.25) is 0 Å². The van der Waals surface area contributed by atoms with E-state index in [4.69, 9.17) is 4.43 Å². The van der Waals surface area contributed by atoms with Gasteiger partial charge in [0.2, 0.25) is 8.32 Å². The minimum Gasteiger partial charge on any atom is -0.543 e. The predicted octanol–water partition coefficient (Wildman–Crippen LogP) is 7.49. The first-order valence-corrected chi connectivity index (χ1v) is 15.9. The van der Waals surface area contributed by atoms with E-state index in [-0.39, 0.29) is 5.04 Å². The lowest BCUT2D eigenvalue weighted by Gasteiger charge is -2.51. The molecular weight excluding hydrogens is 396 g/mol. The van der Waals surface area contributed by atoms with Crippen LogP contribution >= 0.6 is 0 Å². The average Bonchev–Trinajstić information content (AvgIpc) is 3.03. The molecule has 0 bridgehead atoms. The van der Waals surface area contributed by atoms with Gasteiger partial charge in [0.1, 0.15) is 5.75 Å². The third kappa shape index (κ3) is 3.92. The summed E-state index contributed by atoms with van der Waals surface area (Å²) in [6, 6.07) is 5.00. The van der Waals surface area contributed by atoms with Crippen molar-refractivity contribution in [2.45, 2.75) is 110 Å². The topological polar surface area (TPSA) is 29.5 Å². The number of fused-ring (bicyclic) bond motifs is 5. The molecule has 0 amide bonds. The van der Waals surface area contributed by atoms with Crippen LogP contribution in [-0.4, -0.2) is 20.0 Å². The zero-order chi connectivity index (χ0) is 22.6. The van der Waals surface area contributed by atoms with Crippen molar-refractivity contribution in [3.63, 3.8) is 0 Å². The molecule has 2 fully saturated rings. The molecule has 0 saturated heterocycles. The maximum Gasteiger partial charge on any atom is 0.250 e. The molecule has 1 N–H and O–H groups in total. The number of hydrogen-bond acceptors (Lipinski definition) is 2. The fraction of sp³-hybridized carbons (Fsp3) is 0.786. The lowest BCUT2D eigenvalue weighted by Crippen LogP contribution is -2.44. The highest BCUT2D eigenvalue weighted by atomic mass is 28.4. The second kappa shape index (κ2) is 8.20. The number of benzene rings is 1. The zero-order valence-electron chi connectivity index (χ0n) is 21.2. The van der Waals surface area contributed by atoms with Gasteiger partial charge >= 0.3 is 0 Å². The van der Waals surface area contributed by atoms with Gasteiger partial charge in [-0.15, -0.1) is 0 Å². The van der Waals surface area contributed by atoms with Crippen LogP contribution in [0.5, 0.6) is 5.75 Å². The maximum atomic E-state index is 9.60. The summed E-state index contributed by atoms with van der Waals surface area (Å²) in [4.78, 5) is 0. The van der Waals surface area contributed by atoms with E-state index in [1.807, 2.05) is 0 Å². The van der Waals surface area contributed by atoms with Crippen LogP contribution in [0.3, 0.4) is 0 Å². The minimum absolute atomic E-state index is 0.223. The van der Waals surface area contributed by atoms with Crippen molar-refractivity contribution < 1.29 is 9.53 Å². The Hall–Kier alpha value is -0.803. The van der Waals surface area contributed by atoms with E-state index in [0.29, 0.717) is 12.0 Å². The Kier molecular flexibility index (Phi) is 6.18. The monoisotopic (exact) mass is 442 g/mol. The van der Waals surface area contributed by atoms with Crippen molar-refractivity contribution in [2.75, 3.05) is 6.61 Å². The van der Waals surface area contributed by atoms with Crippen LogP contribution in [0.15, 0.2) is 12.1 Å². The molecule has 2 nitrogen and oxygen atoms in total. The number of aliphatic hydroxyl groups is 1. The van der Waals surface area contributed by atoms with Crippen LogP contribution in [0.2, 0.25) is 18.1 Å².